The lowest BCUT2D eigenvalue weighted by molar-refractivity contribution is -0.696. The summed E-state index contributed by atoms with van der Waals surface area (Å²) in [4.78, 5) is 0. The van der Waals surface area contributed by atoms with Crippen molar-refractivity contribution in [3.8, 4) is 5.75 Å². The maximum absolute atomic E-state index is 5.91. The Morgan fingerprint density at radius 2 is 1.31 bits per heavy atom. The van der Waals surface area contributed by atoms with Crippen molar-refractivity contribution < 1.29 is 9.30 Å². The molecule has 0 atom stereocenters. The first kappa shape index (κ1) is 26.7. The van der Waals surface area contributed by atoms with Crippen LogP contribution in [0.3, 0.4) is 0 Å². The molecule has 35 heavy (non-hydrogen) atoms. The van der Waals surface area contributed by atoms with Gasteiger partial charge in [-0.15, -0.1) is 0 Å². The van der Waals surface area contributed by atoms with Crippen LogP contribution in [0, 0.1) is 6.92 Å². The van der Waals surface area contributed by atoms with Crippen LogP contribution in [-0.2, 0) is 13.1 Å². The third kappa shape index (κ3) is 10.9. The molecule has 0 N–H and O–H groups in total. The molecule has 2 aromatic carbocycles. The SMILES string of the molecule is CCCCCCCCCCCC[n+]1ccn(CCOc2ccc(N=Nc3ccc(C)cc3)cc2)c1. The van der Waals surface area contributed by atoms with Gasteiger partial charge >= 0.3 is 0 Å². The van der Waals surface area contributed by atoms with Crippen molar-refractivity contribution in [3.05, 3.63) is 72.8 Å². The molecule has 188 valence electrons. The van der Waals surface area contributed by atoms with Gasteiger partial charge in [0, 0.05) is 0 Å². The molecule has 0 unspecified atom stereocenters. The summed E-state index contributed by atoms with van der Waals surface area (Å²) in [5.41, 5.74) is 2.89. The predicted octanol–water partition coefficient (Wildman–Crippen LogP) is 8.50. The second kappa shape index (κ2) is 15.9. The Morgan fingerprint density at radius 3 is 1.94 bits per heavy atom. The van der Waals surface area contributed by atoms with Gasteiger partial charge in [0.15, 0.2) is 0 Å². The number of nitrogens with zero attached hydrogens (tertiary/aromatic N) is 4. The van der Waals surface area contributed by atoms with Crippen molar-refractivity contribution in [2.75, 3.05) is 6.61 Å². The zero-order valence-corrected chi connectivity index (χ0v) is 21.7. The fourth-order valence-corrected chi connectivity index (χ4v) is 4.09. The number of imidazole rings is 1. The Balaban J connectivity index is 1.26. The number of unbranched alkanes of at least 4 members (excludes halogenated alkanes) is 9. The molecule has 0 amide bonds. The van der Waals surface area contributed by atoms with E-state index in [9.17, 15) is 0 Å². The van der Waals surface area contributed by atoms with E-state index in [4.69, 9.17) is 4.74 Å². The number of aromatic nitrogens is 2. The maximum Gasteiger partial charge on any atom is 0.243 e. The maximum atomic E-state index is 5.91. The Bertz CT molecular complexity index is 976. The molecular weight excluding hydrogens is 432 g/mol. The number of hydrogen-bond acceptors (Lipinski definition) is 3. The van der Waals surface area contributed by atoms with E-state index in [0.717, 1.165) is 30.2 Å². The number of ether oxygens (including phenoxy) is 1. The fourth-order valence-electron chi connectivity index (χ4n) is 4.09. The van der Waals surface area contributed by atoms with Gasteiger partial charge in [-0.2, -0.15) is 10.2 Å². The zero-order chi connectivity index (χ0) is 24.6. The second-order valence-corrected chi connectivity index (χ2v) is 9.45. The Labute approximate surface area is 211 Å². The molecule has 0 aliphatic heterocycles. The highest BCUT2D eigenvalue weighted by atomic mass is 16.5. The number of aryl methyl sites for hydroxylation is 2. The van der Waals surface area contributed by atoms with E-state index in [1.165, 1.54) is 69.8 Å². The van der Waals surface area contributed by atoms with E-state index in [2.05, 4.69) is 51.9 Å². The summed E-state index contributed by atoms with van der Waals surface area (Å²) >= 11 is 0. The first-order valence-corrected chi connectivity index (χ1v) is 13.5. The van der Waals surface area contributed by atoms with E-state index >= 15 is 0 Å². The van der Waals surface area contributed by atoms with E-state index < -0.39 is 0 Å². The Kier molecular flexibility index (Phi) is 12.1. The third-order valence-electron chi connectivity index (χ3n) is 6.29. The average Bonchev–Trinajstić information content (AvgIpc) is 3.33. The molecule has 0 saturated heterocycles. The summed E-state index contributed by atoms with van der Waals surface area (Å²) < 4.78 is 10.4. The van der Waals surface area contributed by atoms with Crippen LogP contribution in [0.25, 0.3) is 0 Å². The van der Waals surface area contributed by atoms with E-state index in [1.54, 1.807) is 0 Å². The summed E-state index contributed by atoms with van der Waals surface area (Å²) in [5, 5.41) is 8.58. The number of benzene rings is 2. The molecule has 0 aliphatic rings. The average molecular weight is 476 g/mol. The molecule has 5 nitrogen and oxygen atoms in total. The molecule has 0 aliphatic carbocycles. The van der Waals surface area contributed by atoms with E-state index in [-0.39, 0.29) is 0 Å². The molecule has 0 bridgehead atoms. The van der Waals surface area contributed by atoms with Gasteiger partial charge in [-0.05, 0) is 56.2 Å². The molecule has 3 aromatic rings. The minimum atomic E-state index is 0.636. The smallest absolute Gasteiger partial charge is 0.243 e. The topological polar surface area (TPSA) is 42.8 Å². The standard InChI is InChI=1S/C30H43N4O/c1-3-4-5-6-7-8-9-10-11-12-21-33-22-23-34(26-33)24-25-35-30-19-17-29(18-20-30)32-31-28-15-13-27(2)14-16-28/h13-20,22-23,26H,3-12,21,24-25H2,1-2H3/q+1. The third-order valence-corrected chi connectivity index (χ3v) is 6.29. The largest absolute Gasteiger partial charge is 0.489 e. The van der Waals surface area contributed by atoms with Crippen molar-refractivity contribution in [2.45, 2.75) is 91.1 Å². The molecule has 0 spiro atoms. The van der Waals surface area contributed by atoms with Gasteiger partial charge in [-0.1, -0.05) is 76.0 Å². The molecule has 0 saturated carbocycles. The van der Waals surface area contributed by atoms with Crippen LogP contribution in [0.4, 0.5) is 11.4 Å². The van der Waals surface area contributed by atoms with Crippen molar-refractivity contribution in [3.63, 3.8) is 0 Å². The summed E-state index contributed by atoms with van der Waals surface area (Å²) in [6, 6.07) is 15.8. The number of rotatable bonds is 17. The van der Waals surface area contributed by atoms with Crippen molar-refractivity contribution in [2.24, 2.45) is 10.2 Å². The van der Waals surface area contributed by atoms with Crippen molar-refractivity contribution in [1.29, 1.82) is 0 Å². The minimum absolute atomic E-state index is 0.636. The lowest BCUT2D eigenvalue weighted by Gasteiger charge is -2.04. The molecule has 5 heteroatoms. The summed E-state index contributed by atoms with van der Waals surface area (Å²) in [6.45, 7) is 6.91. The van der Waals surface area contributed by atoms with Crippen molar-refractivity contribution in [1.82, 2.24) is 4.57 Å². The molecular formula is C30H43N4O+. The van der Waals surface area contributed by atoms with Crippen LogP contribution < -0.4 is 9.30 Å². The molecule has 1 aromatic heterocycles. The van der Waals surface area contributed by atoms with Crippen molar-refractivity contribution >= 4 is 11.4 Å². The molecule has 3 rings (SSSR count). The fraction of sp³-hybridized carbons (Fsp3) is 0.500. The van der Waals surface area contributed by atoms with Crippen LogP contribution in [0.1, 0.15) is 76.7 Å². The van der Waals surface area contributed by atoms with Crippen LogP contribution >= 0.6 is 0 Å². The predicted molar refractivity (Wildman–Crippen MR) is 144 cm³/mol. The Morgan fingerprint density at radius 1 is 0.743 bits per heavy atom. The Hall–Kier alpha value is -2.95. The van der Waals surface area contributed by atoms with Gasteiger partial charge in [0.2, 0.25) is 6.33 Å². The van der Waals surface area contributed by atoms with Gasteiger partial charge in [0.25, 0.3) is 0 Å². The first-order valence-electron chi connectivity index (χ1n) is 13.5. The van der Waals surface area contributed by atoms with Crippen LogP contribution in [0.5, 0.6) is 5.75 Å². The quantitative estimate of drug-likeness (QED) is 0.110. The van der Waals surface area contributed by atoms with Gasteiger partial charge in [-0.25, -0.2) is 9.13 Å². The highest BCUT2D eigenvalue weighted by Gasteiger charge is 2.04. The highest BCUT2D eigenvalue weighted by molar-refractivity contribution is 5.43. The van der Waals surface area contributed by atoms with Crippen LogP contribution in [-0.4, -0.2) is 11.2 Å². The first-order chi connectivity index (χ1) is 17.2. The van der Waals surface area contributed by atoms with E-state index in [0.29, 0.717) is 6.61 Å². The van der Waals surface area contributed by atoms with E-state index in [1.807, 2.05) is 48.5 Å². The van der Waals surface area contributed by atoms with Gasteiger partial charge in [-0.3, -0.25) is 0 Å². The summed E-state index contributed by atoms with van der Waals surface area (Å²) in [6.07, 6.45) is 20.3. The summed E-state index contributed by atoms with van der Waals surface area (Å²) in [5.74, 6) is 0.852. The van der Waals surface area contributed by atoms with Gasteiger partial charge in [0.1, 0.15) is 31.3 Å². The molecule has 0 fully saturated rings. The second-order valence-electron chi connectivity index (χ2n) is 9.45. The summed E-state index contributed by atoms with van der Waals surface area (Å²) in [7, 11) is 0. The lowest BCUT2D eigenvalue weighted by Crippen LogP contribution is -2.31. The van der Waals surface area contributed by atoms with Gasteiger partial charge in [0.05, 0.1) is 17.9 Å². The number of azo groups is 1. The lowest BCUT2D eigenvalue weighted by atomic mass is 10.1. The monoisotopic (exact) mass is 475 g/mol. The van der Waals surface area contributed by atoms with Crippen LogP contribution in [0.2, 0.25) is 0 Å². The number of hydrogen-bond donors (Lipinski definition) is 0. The minimum Gasteiger partial charge on any atom is -0.489 e. The molecule has 0 radical (unpaired) electrons. The highest BCUT2D eigenvalue weighted by Crippen LogP contribution is 2.21. The zero-order valence-electron chi connectivity index (χ0n) is 21.7. The van der Waals surface area contributed by atoms with Gasteiger partial charge < -0.3 is 4.74 Å². The van der Waals surface area contributed by atoms with Crippen LogP contribution in [0.15, 0.2) is 77.5 Å². The molecule has 1 heterocycles. The normalized spacial score (nSPS) is 11.4.